The average molecular weight is 432 g/mol. The van der Waals surface area contributed by atoms with E-state index < -0.39 is 11.7 Å². The number of nitrogens with zero attached hydrogens (tertiary/aromatic N) is 3. The summed E-state index contributed by atoms with van der Waals surface area (Å²) in [6.45, 7) is 5.84. The van der Waals surface area contributed by atoms with E-state index in [0.717, 1.165) is 39.7 Å². The highest BCUT2D eigenvalue weighted by molar-refractivity contribution is 5.84. The van der Waals surface area contributed by atoms with Crippen molar-refractivity contribution in [2.45, 2.75) is 13.1 Å². The molecule has 0 atom stereocenters. The van der Waals surface area contributed by atoms with E-state index in [1.807, 2.05) is 32.2 Å². The van der Waals surface area contributed by atoms with Crippen molar-refractivity contribution in [1.29, 1.82) is 0 Å². The van der Waals surface area contributed by atoms with E-state index in [2.05, 4.69) is 33.8 Å². The zero-order valence-electron chi connectivity index (χ0n) is 17.5. The van der Waals surface area contributed by atoms with Crippen LogP contribution in [-0.4, -0.2) is 14.8 Å². The molecule has 4 rings (SSSR count). The monoisotopic (exact) mass is 432 g/mol. The third-order valence-corrected chi connectivity index (χ3v) is 5.08. The van der Waals surface area contributed by atoms with Gasteiger partial charge in [-0.1, -0.05) is 36.6 Å². The number of fused-ring (bicyclic) bond motifs is 1. The van der Waals surface area contributed by atoms with E-state index in [1.54, 1.807) is 29.3 Å². The summed E-state index contributed by atoms with van der Waals surface area (Å²) in [7, 11) is 1.85. The SMILES string of the molecule is C=C(Nc1ccc(C)c(C#Cc2cncc3c2cnn3C)c1)c1cccc(C(F)(F)F)c1. The number of alkyl halides is 3. The van der Waals surface area contributed by atoms with E-state index in [9.17, 15) is 13.2 Å². The normalized spacial score (nSPS) is 11.2. The molecule has 0 unspecified atom stereocenters. The Bertz CT molecular complexity index is 1390. The highest BCUT2D eigenvalue weighted by Gasteiger charge is 2.30. The van der Waals surface area contributed by atoms with Gasteiger partial charge in [0.05, 0.1) is 29.0 Å². The highest BCUT2D eigenvalue weighted by Crippen LogP contribution is 2.31. The van der Waals surface area contributed by atoms with Crippen LogP contribution in [0.2, 0.25) is 0 Å². The van der Waals surface area contributed by atoms with Crippen LogP contribution in [0.1, 0.15) is 27.8 Å². The van der Waals surface area contributed by atoms with Crippen LogP contribution in [0.25, 0.3) is 16.6 Å². The molecule has 0 saturated heterocycles. The summed E-state index contributed by atoms with van der Waals surface area (Å²) in [6.07, 6.45) is 0.784. The number of aromatic nitrogens is 3. The average Bonchev–Trinajstić information content (AvgIpc) is 3.15. The van der Waals surface area contributed by atoms with Crippen LogP contribution < -0.4 is 5.32 Å². The topological polar surface area (TPSA) is 42.7 Å². The van der Waals surface area contributed by atoms with Gasteiger partial charge in [-0.3, -0.25) is 9.67 Å². The second-order valence-corrected chi connectivity index (χ2v) is 7.35. The molecule has 0 fully saturated rings. The van der Waals surface area contributed by atoms with Crippen LogP contribution in [0.4, 0.5) is 18.9 Å². The summed E-state index contributed by atoms with van der Waals surface area (Å²) in [6, 6.07) is 10.6. The second kappa shape index (κ2) is 8.23. The molecular formula is C25H19F3N4. The molecular weight excluding hydrogens is 413 g/mol. The Hall–Kier alpha value is -4.05. The van der Waals surface area contributed by atoms with Crippen molar-refractivity contribution in [3.63, 3.8) is 0 Å². The minimum atomic E-state index is -4.41. The zero-order valence-corrected chi connectivity index (χ0v) is 17.5. The van der Waals surface area contributed by atoms with Crippen LogP contribution in [0.3, 0.4) is 0 Å². The van der Waals surface area contributed by atoms with Crippen molar-refractivity contribution in [2.24, 2.45) is 7.05 Å². The van der Waals surface area contributed by atoms with Crippen LogP contribution in [0.15, 0.2) is 67.6 Å². The van der Waals surface area contributed by atoms with Gasteiger partial charge in [-0.15, -0.1) is 0 Å². The van der Waals surface area contributed by atoms with Crippen molar-refractivity contribution < 1.29 is 13.2 Å². The van der Waals surface area contributed by atoms with Gasteiger partial charge in [-0.25, -0.2) is 0 Å². The molecule has 0 aliphatic carbocycles. The first kappa shape index (κ1) is 21.2. The maximum Gasteiger partial charge on any atom is 0.416 e. The first-order chi connectivity index (χ1) is 15.2. The van der Waals surface area contributed by atoms with Crippen LogP contribution in [0, 0.1) is 18.8 Å². The van der Waals surface area contributed by atoms with Crippen LogP contribution >= 0.6 is 0 Å². The van der Waals surface area contributed by atoms with Crippen molar-refractivity contribution in [3.8, 4) is 11.8 Å². The minimum Gasteiger partial charge on any atom is -0.355 e. The van der Waals surface area contributed by atoms with Gasteiger partial charge < -0.3 is 5.32 Å². The Labute approximate surface area is 183 Å². The second-order valence-electron chi connectivity index (χ2n) is 7.35. The zero-order chi connectivity index (χ0) is 22.9. The van der Waals surface area contributed by atoms with Crippen LogP contribution in [-0.2, 0) is 13.2 Å². The molecule has 4 nitrogen and oxygen atoms in total. The predicted molar refractivity (Wildman–Crippen MR) is 120 cm³/mol. The molecule has 0 radical (unpaired) electrons. The standard InChI is InChI=1S/C25H19F3N4/c1-16-7-10-22(31-17(2)19-5-4-6-21(11-19)25(26,27)28)12-18(16)8-9-20-13-29-15-24-23(20)14-30-32(24)3/h4-7,10-15,31H,2H2,1,3H3. The molecule has 0 amide bonds. The molecule has 0 spiro atoms. The highest BCUT2D eigenvalue weighted by atomic mass is 19.4. The molecule has 0 bridgehead atoms. The summed E-state index contributed by atoms with van der Waals surface area (Å²) in [5, 5.41) is 8.24. The lowest BCUT2D eigenvalue weighted by atomic mass is 10.1. The van der Waals surface area contributed by atoms with Crippen molar-refractivity contribution in [1.82, 2.24) is 14.8 Å². The van der Waals surface area contributed by atoms with Gasteiger partial charge in [-0.2, -0.15) is 18.3 Å². The van der Waals surface area contributed by atoms with Gasteiger partial charge in [0.15, 0.2) is 0 Å². The quantitative estimate of drug-likeness (QED) is 0.418. The van der Waals surface area contributed by atoms with E-state index in [-0.39, 0.29) is 0 Å². The molecule has 0 saturated carbocycles. The number of pyridine rings is 1. The Kier molecular flexibility index (Phi) is 5.45. The van der Waals surface area contributed by atoms with Gasteiger partial charge in [0, 0.05) is 35.6 Å². The first-order valence-corrected chi connectivity index (χ1v) is 9.74. The molecule has 4 aromatic rings. The Morgan fingerprint density at radius 3 is 2.59 bits per heavy atom. The number of hydrogen-bond donors (Lipinski definition) is 1. The van der Waals surface area contributed by atoms with E-state index in [1.165, 1.54) is 6.07 Å². The van der Waals surface area contributed by atoms with Crippen molar-refractivity contribution in [2.75, 3.05) is 5.32 Å². The maximum absolute atomic E-state index is 13.0. The lowest BCUT2D eigenvalue weighted by molar-refractivity contribution is -0.137. The van der Waals surface area contributed by atoms with E-state index in [4.69, 9.17) is 0 Å². The largest absolute Gasteiger partial charge is 0.416 e. The van der Waals surface area contributed by atoms with E-state index >= 15 is 0 Å². The van der Waals surface area contributed by atoms with Gasteiger partial charge in [0.2, 0.25) is 0 Å². The smallest absolute Gasteiger partial charge is 0.355 e. The number of anilines is 1. The number of halogens is 3. The number of nitrogens with one attached hydrogen (secondary N) is 1. The first-order valence-electron chi connectivity index (χ1n) is 9.74. The predicted octanol–water partition coefficient (Wildman–Crippen LogP) is 5.78. The molecule has 0 aliphatic heterocycles. The van der Waals surface area contributed by atoms with Gasteiger partial charge in [0.1, 0.15) is 0 Å². The minimum absolute atomic E-state index is 0.363. The third-order valence-electron chi connectivity index (χ3n) is 5.08. The number of benzene rings is 2. The molecule has 2 heterocycles. The summed E-state index contributed by atoms with van der Waals surface area (Å²) in [5.74, 6) is 6.32. The third kappa shape index (κ3) is 4.35. The summed E-state index contributed by atoms with van der Waals surface area (Å²) in [4.78, 5) is 4.23. The maximum atomic E-state index is 13.0. The van der Waals surface area contributed by atoms with Crippen LogP contribution in [0.5, 0.6) is 0 Å². The Balaban J connectivity index is 1.60. The van der Waals surface area contributed by atoms with Gasteiger partial charge in [-0.05, 0) is 42.3 Å². The van der Waals surface area contributed by atoms with Gasteiger partial charge >= 0.3 is 6.18 Å². The Morgan fingerprint density at radius 1 is 1.03 bits per heavy atom. The fourth-order valence-corrected chi connectivity index (χ4v) is 3.26. The fourth-order valence-electron chi connectivity index (χ4n) is 3.26. The van der Waals surface area contributed by atoms with Gasteiger partial charge in [0.25, 0.3) is 0 Å². The molecule has 0 aliphatic rings. The fraction of sp³-hybridized carbons (Fsp3) is 0.120. The molecule has 2 aromatic heterocycles. The molecule has 1 N–H and O–H groups in total. The summed E-state index contributed by atoms with van der Waals surface area (Å²) >= 11 is 0. The number of hydrogen-bond acceptors (Lipinski definition) is 3. The molecule has 2 aromatic carbocycles. The molecule has 160 valence electrons. The lowest BCUT2D eigenvalue weighted by Gasteiger charge is -2.13. The van der Waals surface area contributed by atoms with Crippen molar-refractivity contribution >= 4 is 22.3 Å². The molecule has 7 heteroatoms. The Morgan fingerprint density at radius 2 is 1.81 bits per heavy atom. The summed E-state index contributed by atoms with van der Waals surface area (Å²) in [5.41, 5.74) is 4.10. The van der Waals surface area contributed by atoms with Crippen molar-refractivity contribution in [3.05, 3.63) is 95.5 Å². The molecule has 32 heavy (non-hydrogen) atoms. The summed E-state index contributed by atoms with van der Waals surface area (Å²) < 4.78 is 40.8. The van der Waals surface area contributed by atoms with E-state index in [0.29, 0.717) is 16.9 Å². The number of aryl methyl sites for hydroxylation is 2. The lowest BCUT2D eigenvalue weighted by Crippen LogP contribution is -2.06. The number of rotatable bonds is 3.